The van der Waals surface area contributed by atoms with Gasteiger partial charge >= 0.3 is 0 Å². The number of halogens is 1. The fourth-order valence-electron chi connectivity index (χ4n) is 2.60. The van der Waals surface area contributed by atoms with Crippen molar-refractivity contribution in [1.82, 2.24) is 5.32 Å². The van der Waals surface area contributed by atoms with Gasteiger partial charge in [0.15, 0.2) is 11.6 Å². The number of hydrogen-bond acceptors (Lipinski definition) is 3. The summed E-state index contributed by atoms with van der Waals surface area (Å²) in [5.41, 5.74) is 0.747. The maximum absolute atomic E-state index is 13.6. The van der Waals surface area contributed by atoms with Crippen LogP contribution in [0, 0.1) is 22.6 Å². The van der Waals surface area contributed by atoms with Crippen LogP contribution >= 0.6 is 0 Å². The van der Waals surface area contributed by atoms with Crippen LogP contribution in [0.15, 0.2) is 18.2 Å². The molecule has 1 aliphatic carbocycles. The van der Waals surface area contributed by atoms with E-state index in [1.54, 1.807) is 6.07 Å². The van der Waals surface area contributed by atoms with E-state index in [-0.39, 0.29) is 11.9 Å². The van der Waals surface area contributed by atoms with Crippen molar-refractivity contribution in [3.05, 3.63) is 29.6 Å². The Morgan fingerprint density at radius 2 is 2.18 bits per heavy atom. The lowest BCUT2D eigenvalue weighted by atomic mass is 9.63. The predicted octanol–water partition coefficient (Wildman–Crippen LogP) is 1.83. The highest BCUT2D eigenvalue weighted by Gasteiger charge is 2.49. The molecule has 1 heterocycles. The lowest BCUT2D eigenvalue weighted by Gasteiger charge is -2.53. The second-order valence-electron chi connectivity index (χ2n) is 5.01. The first-order valence-electron chi connectivity index (χ1n) is 5.78. The highest BCUT2D eigenvalue weighted by atomic mass is 19.1. The number of nitrogens with one attached hydrogen (secondary N) is 1. The Morgan fingerprint density at radius 1 is 1.41 bits per heavy atom. The number of benzene rings is 1. The molecule has 1 spiro atoms. The first-order valence-corrected chi connectivity index (χ1v) is 5.78. The monoisotopic (exact) mass is 232 g/mol. The second kappa shape index (κ2) is 3.71. The number of nitrogens with zero attached hydrogens (tertiary/aromatic N) is 1. The van der Waals surface area contributed by atoms with Crippen LogP contribution in [0.5, 0.6) is 5.75 Å². The van der Waals surface area contributed by atoms with Crippen LogP contribution in [-0.2, 0) is 0 Å². The third-order valence-electron chi connectivity index (χ3n) is 3.68. The summed E-state index contributed by atoms with van der Waals surface area (Å²) in [6.45, 7) is 2.12. The molecule has 4 heteroatoms. The standard InChI is InChI=1S/C13H13FN2O/c14-11-3-9(6-15)1-2-12(11)17-10-4-13(5-10)7-16-8-13/h1-3,10,16H,4-5,7-8H2. The van der Waals surface area contributed by atoms with Gasteiger partial charge in [0.1, 0.15) is 6.10 Å². The third-order valence-corrected chi connectivity index (χ3v) is 3.68. The van der Waals surface area contributed by atoms with Crippen LogP contribution in [-0.4, -0.2) is 19.2 Å². The maximum atomic E-state index is 13.6. The summed E-state index contributed by atoms with van der Waals surface area (Å²) in [5.74, 6) is -0.187. The predicted molar refractivity (Wildman–Crippen MR) is 60.1 cm³/mol. The molecule has 0 amide bonds. The van der Waals surface area contributed by atoms with Crippen molar-refractivity contribution in [3.63, 3.8) is 0 Å². The number of hydrogen-bond donors (Lipinski definition) is 1. The van der Waals surface area contributed by atoms with Crippen molar-refractivity contribution in [2.75, 3.05) is 13.1 Å². The summed E-state index contributed by atoms with van der Waals surface area (Å²) >= 11 is 0. The van der Waals surface area contributed by atoms with Crippen LogP contribution in [0.2, 0.25) is 0 Å². The van der Waals surface area contributed by atoms with Crippen molar-refractivity contribution >= 4 is 0 Å². The molecule has 0 atom stereocenters. The molecule has 0 aromatic heterocycles. The number of ether oxygens (including phenoxy) is 1. The topological polar surface area (TPSA) is 45.0 Å². The zero-order chi connectivity index (χ0) is 11.9. The molecule has 3 nitrogen and oxygen atoms in total. The average molecular weight is 232 g/mol. The Morgan fingerprint density at radius 3 is 2.71 bits per heavy atom. The van der Waals surface area contributed by atoms with Gasteiger partial charge in [0.25, 0.3) is 0 Å². The summed E-state index contributed by atoms with van der Waals surface area (Å²) in [4.78, 5) is 0. The van der Waals surface area contributed by atoms with Gasteiger partial charge in [-0.1, -0.05) is 0 Å². The lowest BCUT2D eigenvalue weighted by molar-refractivity contribution is -0.0509. The van der Waals surface area contributed by atoms with Crippen LogP contribution < -0.4 is 10.1 Å². The highest BCUT2D eigenvalue weighted by Crippen LogP contribution is 2.45. The third kappa shape index (κ3) is 1.77. The van der Waals surface area contributed by atoms with Crippen molar-refractivity contribution < 1.29 is 9.13 Å². The largest absolute Gasteiger partial charge is 0.487 e. The van der Waals surface area contributed by atoms with E-state index >= 15 is 0 Å². The molecule has 2 fully saturated rings. The van der Waals surface area contributed by atoms with Gasteiger partial charge in [-0.25, -0.2) is 4.39 Å². The van der Waals surface area contributed by atoms with Crippen LogP contribution in [0.4, 0.5) is 4.39 Å². The minimum atomic E-state index is -0.447. The van der Waals surface area contributed by atoms with Crippen LogP contribution in [0.1, 0.15) is 18.4 Å². The minimum Gasteiger partial charge on any atom is -0.487 e. The van der Waals surface area contributed by atoms with E-state index in [0.29, 0.717) is 11.0 Å². The Hall–Kier alpha value is -1.60. The maximum Gasteiger partial charge on any atom is 0.166 e. The zero-order valence-electron chi connectivity index (χ0n) is 9.37. The number of nitriles is 1. The van der Waals surface area contributed by atoms with Crippen molar-refractivity contribution in [1.29, 1.82) is 5.26 Å². The molecule has 0 radical (unpaired) electrons. The van der Waals surface area contributed by atoms with E-state index in [9.17, 15) is 4.39 Å². The van der Waals surface area contributed by atoms with Crippen molar-refractivity contribution in [2.24, 2.45) is 5.41 Å². The molecule has 2 aliphatic rings. The quantitative estimate of drug-likeness (QED) is 0.846. The molecule has 17 heavy (non-hydrogen) atoms. The van der Waals surface area contributed by atoms with Gasteiger partial charge in [-0.3, -0.25) is 0 Å². The van der Waals surface area contributed by atoms with Gasteiger partial charge in [0, 0.05) is 18.5 Å². The first kappa shape index (κ1) is 10.5. The number of rotatable bonds is 2. The summed E-state index contributed by atoms with van der Waals surface area (Å²) in [7, 11) is 0. The van der Waals surface area contributed by atoms with Crippen molar-refractivity contribution in [3.8, 4) is 11.8 Å². The molecule has 1 aliphatic heterocycles. The Balaban J connectivity index is 1.64. The minimum absolute atomic E-state index is 0.125. The second-order valence-corrected chi connectivity index (χ2v) is 5.01. The zero-order valence-corrected chi connectivity index (χ0v) is 9.37. The average Bonchev–Trinajstić information content (AvgIpc) is 2.22. The fraction of sp³-hybridized carbons (Fsp3) is 0.462. The van der Waals surface area contributed by atoms with E-state index in [0.717, 1.165) is 25.9 Å². The molecule has 88 valence electrons. The van der Waals surface area contributed by atoms with Gasteiger partial charge in [-0.05, 0) is 31.0 Å². The van der Waals surface area contributed by atoms with E-state index in [1.807, 2.05) is 6.07 Å². The SMILES string of the molecule is N#Cc1ccc(OC2CC3(CNC3)C2)c(F)c1. The van der Waals surface area contributed by atoms with E-state index in [2.05, 4.69) is 5.32 Å². The molecule has 1 aromatic carbocycles. The molecule has 1 saturated heterocycles. The van der Waals surface area contributed by atoms with E-state index in [1.165, 1.54) is 12.1 Å². The fourth-order valence-corrected chi connectivity index (χ4v) is 2.60. The molecule has 1 N–H and O–H groups in total. The summed E-state index contributed by atoms with van der Waals surface area (Å²) < 4.78 is 19.2. The van der Waals surface area contributed by atoms with Gasteiger partial charge < -0.3 is 10.1 Å². The van der Waals surface area contributed by atoms with Crippen molar-refractivity contribution in [2.45, 2.75) is 18.9 Å². The molecule has 1 saturated carbocycles. The van der Waals surface area contributed by atoms with Gasteiger partial charge in [-0.2, -0.15) is 5.26 Å². The molecular weight excluding hydrogens is 219 g/mol. The van der Waals surface area contributed by atoms with E-state index in [4.69, 9.17) is 10.00 Å². The van der Waals surface area contributed by atoms with Crippen LogP contribution in [0.25, 0.3) is 0 Å². The van der Waals surface area contributed by atoms with Gasteiger partial charge in [0.2, 0.25) is 0 Å². The van der Waals surface area contributed by atoms with Gasteiger partial charge in [0.05, 0.1) is 11.6 Å². The summed E-state index contributed by atoms with van der Waals surface area (Å²) in [5, 5.41) is 11.9. The Kier molecular flexibility index (Phi) is 2.30. The lowest BCUT2D eigenvalue weighted by Crippen LogP contribution is -2.62. The van der Waals surface area contributed by atoms with E-state index < -0.39 is 5.82 Å². The smallest absolute Gasteiger partial charge is 0.166 e. The Bertz CT molecular complexity index is 483. The molecule has 0 unspecified atom stereocenters. The van der Waals surface area contributed by atoms with Crippen LogP contribution in [0.3, 0.4) is 0 Å². The molecular formula is C13H13FN2O. The first-order chi connectivity index (χ1) is 8.21. The Labute approximate surface area is 99.2 Å². The molecule has 1 aromatic rings. The molecule has 0 bridgehead atoms. The summed E-state index contributed by atoms with van der Waals surface area (Å²) in [6.07, 6.45) is 2.12. The summed E-state index contributed by atoms with van der Waals surface area (Å²) in [6, 6.07) is 6.24. The molecule has 3 rings (SSSR count). The van der Waals surface area contributed by atoms with Gasteiger partial charge in [-0.15, -0.1) is 0 Å². The highest BCUT2D eigenvalue weighted by molar-refractivity contribution is 5.36. The normalized spacial score (nSPS) is 21.4.